The zero-order valence-electron chi connectivity index (χ0n) is 14.1. The normalized spacial score (nSPS) is 12.7. The van der Waals surface area contributed by atoms with Gasteiger partial charge in [-0.1, -0.05) is 48.4 Å². The first-order chi connectivity index (χ1) is 12.7. The van der Waals surface area contributed by atoms with Gasteiger partial charge in [0, 0.05) is 17.5 Å². The highest BCUT2D eigenvalue weighted by Gasteiger charge is 2.30. The summed E-state index contributed by atoms with van der Waals surface area (Å²) in [4.78, 5) is 12.4. The third-order valence-electron chi connectivity index (χ3n) is 3.99. The standard InChI is InChI=1S/C19H17N3O4/c1-2-7-16-21-22-18(25-16)20-19(23)26-17-12-8-3-5-10-14(12)24-15-11-6-4-9-13(15)17/h3-6,8-11,17H,2,7H2,1H3,(H,20,22,23). The van der Waals surface area contributed by atoms with Crippen LogP contribution in [0.5, 0.6) is 11.5 Å². The quantitative estimate of drug-likeness (QED) is 0.746. The summed E-state index contributed by atoms with van der Waals surface area (Å²) in [5.41, 5.74) is 1.55. The fourth-order valence-electron chi connectivity index (χ4n) is 2.84. The van der Waals surface area contributed by atoms with Crippen molar-refractivity contribution in [3.8, 4) is 11.5 Å². The first-order valence-corrected chi connectivity index (χ1v) is 8.40. The van der Waals surface area contributed by atoms with Crippen LogP contribution < -0.4 is 10.1 Å². The molecule has 0 bridgehead atoms. The maximum absolute atomic E-state index is 12.4. The molecule has 2 aromatic carbocycles. The number of fused-ring (bicyclic) bond motifs is 2. The monoisotopic (exact) mass is 351 g/mol. The first-order valence-electron chi connectivity index (χ1n) is 8.40. The van der Waals surface area contributed by atoms with Crippen LogP contribution in [0.25, 0.3) is 0 Å². The molecule has 3 aromatic rings. The summed E-state index contributed by atoms with van der Waals surface area (Å²) < 4.78 is 16.9. The molecule has 0 unspecified atom stereocenters. The molecule has 26 heavy (non-hydrogen) atoms. The Bertz CT molecular complexity index is 892. The highest BCUT2D eigenvalue weighted by molar-refractivity contribution is 5.82. The molecule has 7 heteroatoms. The molecule has 132 valence electrons. The lowest BCUT2D eigenvalue weighted by molar-refractivity contribution is 0.124. The Morgan fingerprint density at radius 2 is 1.73 bits per heavy atom. The molecular weight excluding hydrogens is 334 g/mol. The second-order valence-electron chi connectivity index (χ2n) is 5.84. The van der Waals surface area contributed by atoms with Gasteiger partial charge in [0.15, 0.2) is 6.10 Å². The van der Waals surface area contributed by atoms with E-state index in [0.29, 0.717) is 23.8 Å². The minimum atomic E-state index is -0.673. The van der Waals surface area contributed by atoms with E-state index in [-0.39, 0.29) is 6.01 Å². The van der Waals surface area contributed by atoms with Gasteiger partial charge in [-0.25, -0.2) is 10.1 Å². The van der Waals surface area contributed by atoms with Crippen LogP contribution in [0.3, 0.4) is 0 Å². The molecule has 0 spiro atoms. The van der Waals surface area contributed by atoms with E-state index in [4.69, 9.17) is 13.9 Å². The zero-order chi connectivity index (χ0) is 17.9. The van der Waals surface area contributed by atoms with Crippen molar-refractivity contribution in [3.05, 3.63) is 65.5 Å². The third-order valence-corrected chi connectivity index (χ3v) is 3.99. The molecule has 1 aromatic heterocycles. The smallest absolute Gasteiger partial charge is 0.416 e. The average Bonchev–Trinajstić information content (AvgIpc) is 3.08. The SMILES string of the molecule is CCCc1nnc(NC(=O)OC2c3ccccc3Oc3ccccc32)o1. The molecule has 0 radical (unpaired) electrons. The van der Waals surface area contributed by atoms with E-state index in [1.165, 1.54) is 0 Å². The minimum Gasteiger partial charge on any atom is -0.456 e. The molecule has 0 saturated heterocycles. The van der Waals surface area contributed by atoms with E-state index < -0.39 is 12.2 Å². The van der Waals surface area contributed by atoms with Gasteiger partial charge in [0.2, 0.25) is 5.89 Å². The summed E-state index contributed by atoms with van der Waals surface area (Å²) in [6.07, 6.45) is 0.272. The molecule has 0 saturated carbocycles. The van der Waals surface area contributed by atoms with Gasteiger partial charge in [-0.05, 0) is 18.6 Å². The molecule has 1 aliphatic heterocycles. The van der Waals surface area contributed by atoms with E-state index in [0.717, 1.165) is 17.5 Å². The van der Waals surface area contributed by atoms with Crippen LogP contribution in [-0.2, 0) is 11.2 Å². The van der Waals surface area contributed by atoms with Gasteiger partial charge in [-0.15, -0.1) is 5.10 Å². The van der Waals surface area contributed by atoms with Gasteiger partial charge in [0.1, 0.15) is 11.5 Å². The lowest BCUT2D eigenvalue weighted by Gasteiger charge is -2.27. The predicted molar refractivity (Wildman–Crippen MR) is 93.2 cm³/mol. The van der Waals surface area contributed by atoms with Crippen molar-refractivity contribution in [1.82, 2.24) is 10.2 Å². The number of aromatic nitrogens is 2. The van der Waals surface area contributed by atoms with Crippen molar-refractivity contribution in [1.29, 1.82) is 0 Å². The van der Waals surface area contributed by atoms with Crippen LogP contribution in [0.1, 0.15) is 36.5 Å². The minimum absolute atomic E-state index is 0.0204. The molecule has 0 fully saturated rings. The largest absolute Gasteiger partial charge is 0.456 e. The maximum Gasteiger partial charge on any atom is 0.416 e. The summed E-state index contributed by atoms with van der Waals surface area (Å²) in [7, 11) is 0. The fraction of sp³-hybridized carbons (Fsp3) is 0.211. The molecule has 1 N–H and O–H groups in total. The van der Waals surface area contributed by atoms with Crippen LogP contribution in [0.2, 0.25) is 0 Å². The summed E-state index contributed by atoms with van der Waals surface area (Å²) in [5, 5.41) is 10.2. The number of carbonyl (C=O) groups excluding carboxylic acids is 1. The first kappa shape index (κ1) is 16.1. The fourth-order valence-corrected chi connectivity index (χ4v) is 2.84. The number of para-hydroxylation sites is 2. The molecule has 0 atom stereocenters. The highest BCUT2D eigenvalue weighted by atomic mass is 16.6. The molecule has 0 aliphatic carbocycles. The van der Waals surface area contributed by atoms with E-state index in [1.807, 2.05) is 55.5 Å². The van der Waals surface area contributed by atoms with Gasteiger partial charge in [0.25, 0.3) is 0 Å². The number of hydrogen-bond donors (Lipinski definition) is 1. The van der Waals surface area contributed by atoms with E-state index in [1.54, 1.807) is 0 Å². The van der Waals surface area contributed by atoms with E-state index >= 15 is 0 Å². The maximum atomic E-state index is 12.4. The molecule has 1 aliphatic rings. The van der Waals surface area contributed by atoms with E-state index in [2.05, 4.69) is 15.5 Å². The Morgan fingerprint density at radius 3 is 2.38 bits per heavy atom. The molecule has 7 nitrogen and oxygen atoms in total. The number of hydrogen-bond acceptors (Lipinski definition) is 6. The van der Waals surface area contributed by atoms with Gasteiger partial charge in [0.05, 0.1) is 0 Å². The lowest BCUT2D eigenvalue weighted by Crippen LogP contribution is -2.21. The van der Waals surface area contributed by atoms with Crippen LogP contribution in [0, 0.1) is 0 Å². The van der Waals surface area contributed by atoms with Crippen molar-refractivity contribution in [2.45, 2.75) is 25.9 Å². The van der Waals surface area contributed by atoms with Crippen LogP contribution in [0.4, 0.5) is 10.8 Å². The zero-order valence-corrected chi connectivity index (χ0v) is 14.1. The summed E-state index contributed by atoms with van der Waals surface area (Å²) in [6, 6.07) is 14.9. The van der Waals surface area contributed by atoms with Crippen LogP contribution in [-0.4, -0.2) is 16.3 Å². The number of anilines is 1. The molecule has 2 heterocycles. The van der Waals surface area contributed by atoms with Gasteiger partial charge in [-0.3, -0.25) is 0 Å². The number of aryl methyl sites for hydroxylation is 1. The number of nitrogens with zero attached hydrogens (tertiary/aromatic N) is 2. The summed E-state index contributed by atoms with van der Waals surface area (Å²) in [5.74, 6) is 1.80. The molecule has 1 amide bonds. The van der Waals surface area contributed by atoms with Gasteiger partial charge >= 0.3 is 12.1 Å². The van der Waals surface area contributed by atoms with Crippen molar-refractivity contribution in [2.24, 2.45) is 0 Å². The summed E-state index contributed by atoms with van der Waals surface area (Å²) in [6.45, 7) is 2.01. The Hall–Kier alpha value is -3.35. The second-order valence-corrected chi connectivity index (χ2v) is 5.84. The van der Waals surface area contributed by atoms with Crippen molar-refractivity contribution >= 4 is 12.1 Å². The van der Waals surface area contributed by atoms with Crippen molar-refractivity contribution in [3.63, 3.8) is 0 Å². The third kappa shape index (κ3) is 3.11. The molecular formula is C19H17N3O4. The Kier molecular flexibility index (Phi) is 4.27. The lowest BCUT2D eigenvalue weighted by atomic mass is 9.97. The van der Waals surface area contributed by atoms with Gasteiger partial charge in [-0.2, -0.15) is 0 Å². The number of carbonyl (C=O) groups is 1. The van der Waals surface area contributed by atoms with E-state index in [9.17, 15) is 4.79 Å². The van der Waals surface area contributed by atoms with Crippen molar-refractivity contribution < 1.29 is 18.7 Å². The predicted octanol–water partition coefficient (Wildman–Crippen LogP) is 4.47. The Labute approximate surface area is 150 Å². The number of ether oxygens (including phenoxy) is 2. The van der Waals surface area contributed by atoms with Crippen LogP contribution in [0.15, 0.2) is 52.9 Å². The van der Waals surface area contributed by atoms with Gasteiger partial charge < -0.3 is 13.9 Å². The number of amides is 1. The number of benzene rings is 2. The number of rotatable bonds is 4. The molecule has 4 rings (SSSR count). The average molecular weight is 351 g/mol. The summed E-state index contributed by atoms with van der Waals surface area (Å²) >= 11 is 0. The highest BCUT2D eigenvalue weighted by Crippen LogP contribution is 2.44. The topological polar surface area (TPSA) is 86.5 Å². The van der Waals surface area contributed by atoms with Crippen LogP contribution >= 0.6 is 0 Å². The second kappa shape index (κ2) is 6.87. The van der Waals surface area contributed by atoms with Crippen molar-refractivity contribution in [2.75, 3.05) is 5.32 Å². The Morgan fingerprint density at radius 1 is 1.08 bits per heavy atom. The Balaban J connectivity index is 1.56. The number of nitrogens with one attached hydrogen (secondary N) is 1.